The van der Waals surface area contributed by atoms with Crippen LogP contribution in [-0.2, 0) is 0 Å². The lowest BCUT2D eigenvalue weighted by molar-refractivity contribution is -0.0920. The molecule has 0 N–H and O–H groups in total. The Hall–Kier alpha value is -0.580. The Morgan fingerprint density at radius 1 is 0.857 bits per heavy atom. The number of rotatable bonds is 0. The van der Waals surface area contributed by atoms with Crippen LogP contribution in [0.25, 0.3) is 0 Å². The van der Waals surface area contributed by atoms with Crippen LogP contribution >= 0.6 is 0 Å². The first-order valence-corrected chi connectivity index (χ1v) is 5.77. The van der Waals surface area contributed by atoms with Crippen LogP contribution < -0.4 is 0 Å². The zero-order valence-corrected chi connectivity index (χ0v) is 9.29. The normalized spacial score (nSPS) is 53.7. The van der Waals surface area contributed by atoms with Crippen molar-refractivity contribution in [1.29, 1.82) is 10.8 Å². The molecule has 0 amide bonds. The lowest BCUT2D eigenvalue weighted by atomic mass is 9.45. The van der Waals surface area contributed by atoms with Crippen molar-refractivity contribution < 1.29 is 0 Å². The average molecular weight is 192 g/mol. The van der Waals surface area contributed by atoms with Crippen LogP contribution in [0.1, 0.15) is 52.4 Å². The third kappa shape index (κ3) is 1.43. The van der Waals surface area contributed by atoms with Gasteiger partial charge in [-0.15, -0.1) is 0 Å². The highest BCUT2D eigenvalue weighted by Gasteiger charge is 2.53. The Morgan fingerprint density at radius 3 is 1.50 bits per heavy atom. The van der Waals surface area contributed by atoms with Crippen molar-refractivity contribution in [1.82, 2.24) is 0 Å². The summed E-state index contributed by atoms with van der Waals surface area (Å²) in [5.41, 5.74) is 1.53. The molecule has 4 bridgehead atoms. The molecule has 2 nitrogen and oxygen atoms in total. The smallest absolute Gasteiger partial charge is 0 e. The molecule has 14 heavy (non-hydrogen) atoms. The van der Waals surface area contributed by atoms with Crippen LogP contribution in [0, 0.1) is 33.5 Å². The van der Waals surface area contributed by atoms with Gasteiger partial charge >= 0.3 is 0 Å². The number of hydrogen-bond acceptors (Lipinski definition) is 2. The molecule has 0 spiro atoms. The summed E-state index contributed by atoms with van der Waals surface area (Å²) < 4.78 is 0. The summed E-state index contributed by atoms with van der Waals surface area (Å²) in [4.78, 5) is 0. The van der Waals surface area contributed by atoms with Gasteiger partial charge in [0.2, 0.25) is 0 Å². The standard InChI is InChI=1S/C12H20.N2/c1-11-4-9-3-10(5-11)7-12(2,6-9)8-11;1-2/h9-10H,3-8H2,1-2H3;. The zero-order chi connectivity index (χ0) is 10.4. The minimum Gasteiger partial charge on any atom is -0.0596 e. The molecule has 0 saturated heterocycles. The van der Waals surface area contributed by atoms with Crippen molar-refractivity contribution in [3.63, 3.8) is 0 Å². The third-order valence-corrected chi connectivity index (χ3v) is 4.65. The Labute approximate surface area is 86.5 Å². The highest BCUT2D eigenvalue weighted by atomic mass is 14.6. The average Bonchev–Trinajstić information content (AvgIpc) is 2.00. The first-order valence-electron chi connectivity index (χ1n) is 5.77. The summed E-state index contributed by atoms with van der Waals surface area (Å²) in [5, 5.41) is 12.0. The van der Waals surface area contributed by atoms with Gasteiger partial charge in [-0.1, -0.05) is 13.8 Å². The van der Waals surface area contributed by atoms with E-state index in [-0.39, 0.29) is 0 Å². The fourth-order valence-electron chi connectivity index (χ4n) is 5.22. The molecule has 78 valence electrons. The van der Waals surface area contributed by atoms with E-state index < -0.39 is 0 Å². The van der Waals surface area contributed by atoms with Gasteiger partial charge in [-0.05, 0) is 61.2 Å². The van der Waals surface area contributed by atoms with E-state index in [0.29, 0.717) is 0 Å². The fraction of sp³-hybridized carbons (Fsp3) is 1.00. The van der Waals surface area contributed by atoms with E-state index in [1.165, 1.54) is 6.42 Å². The van der Waals surface area contributed by atoms with Crippen molar-refractivity contribution in [2.24, 2.45) is 22.7 Å². The quantitative estimate of drug-likeness (QED) is 0.550. The Balaban J connectivity index is 0.000000354. The van der Waals surface area contributed by atoms with Gasteiger partial charge in [0, 0.05) is 10.8 Å². The van der Waals surface area contributed by atoms with E-state index in [9.17, 15) is 0 Å². The molecule has 0 aromatic rings. The number of nitrogens with zero attached hydrogens (tertiary/aromatic N) is 2. The van der Waals surface area contributed by atoms with E-state index in [0.717, 1.165) is 22.7 Å². The molecule has 0 unspecified atom stereocenters. The van der Waals surface area contributed by atoms with Gasteiger partial charge in [0.15, 0.2) is 0 Å². The van der Waals surface area contributed by atoms with Crippen LogP contribution in [0.2, 0.25) is 0 Å². The second-order valence-corrected chi connectivity index (χ2v) is 6.58. The summed E-state index contributed by atoms with van der Waals surface area (Å²) in [5.74, 6) is 2.22. The van der Waals surface area contributed by atoms with Crippen molar-refractivity contribution in [2.45, 2.75) is 52.4 Å². The lowest BCUT2D eigenvalue weighted by Crippen LogP contribution is -2.49. The van der Waals surface area contributed by atoms with E-state index in [2.05, 4.69) is 13.8 Å². The largest absolute Gasteiger partial charge is 0.0596 e. The molecule has 0 atom stereocenters. The minimum atomic E-state index is 0.763. The molecular formula is C12H20N2. The summed E-state index contributed by atoms with van der Waals surface area (Å²) in [6.07, 6.45) is 9.33. The molecule has 4 rings (SSSR count). The van der Waals surface area contributed by atoms with Crippen molar-refractivity contribution in [2.75, 3.05) is 0 Å². The molecule has 0 aromatic heterocycles. The molecule has 4 aliphatic carbocycles. The second-order valence-electron chi connectivity index (χ2n) is 6.58. The van der Waals surface area contributed by atoms with E-state index >= 15 is 0 Å². The predicted octanol–water partition coefficient (Wildman–Crippen LogP) is 3.64. The second kappa shape index (κ2) is 2.95. The molecule has 0 heterocycles. The Kier molecular flexibility index (Phi) is 2.10. The van der Waals surface area contributed by atoms with Crippen LogP contribution in [0.4, 0.5) is 0 Å². The molecule has 0 aliphatic heterocycles. The molecule has 4 aliphatic rings. The first kappa shape index (κ1) is 9.96. The topological polar surface area (TPSA) is 47.6 Å². The fourth-order valence-corrected chi connectivity index (χ4v) is 5.22. The van der Waals surface area contributed by atoms with Gasteiger partial charge in [0.25, 0.3) is 0 Å². The summed E-state index contributed by atoms with van der Waals surface area (Å²) in [6.45, 7) is 5.09. The van der Waals surface area contributed by atoms with Crippen molar-refractivity contribution in [3.8, 4) is 0 Å². The highest BCUT2D eigenvalue weighted by molar-refractivity contribution is 5.04. The molecule has 0 aromatic carbocycles. The maximum absolute atomic E-state index is 6.00. The van der Waals surface area contributed by atoms with Gasteiger partial charge in [0.05, 0.1) is 0 Å². The van der Waals surface area contributed by atoms with E-state index in [1.807, 2.05) is 0 Å². The summed E-state index contributed by atoms with van der Waals surface area (Å²) >= 11 is 0. The van der Waals surface area contributed by atoms with Crippen LogP contribution in [0.15, 0.2) is 0 Å². The Morgan fingerprint density at radius 2 is 1.21 bits per heavy atom. The van der Waals surface area contributed by atoms with Crippen molar-refractivity contribution >= 4 is 0 Å². The predicted molar refractivity (Wildman–Crippen MR) is 54.3 cm³/mol. The summed E-state index contributed by atoms with van der Waals surface area (Å²) in [7, 11) is 0. The van der Waals surface area contributed by atoms with Gasteiger partial charge in [-0.3, -0.25) is 0 Å². The maximum atomic E-state index is 6.00. The minimum absolute atomic E-state index is 0.763. The van der Waals surface area contributed by atoms with Gasteiger partial charge < -0.3 is 0 Å². The van der Waals surface area contributed by atoms with Gasteiger partial charge in [-0.2, -0.15) is 0 Å². The van der Waals surface area contributed by atoms with Crippen LogP contribution in [0.5, 0.6) is 0 Å². The molecule has 4 fully saturated rings. The van der Waals surface area contributed by atoms with E-state index in [1.54, 1.807) is 32.1 Å². The Bertz CT molecular complexity index is 222. The highest BCUT2D eigenvalue weighted by Crippen LogP contribution is 2.64. The zero-order valence-electron chi connectivity index (χ0n) is 9.29. The molecule has 4 saturated carbocycles. The summed E-state index contributed by atoms with van der Waals surface area (Å²) in [6, 6.07) is 0. The molecule has 0 radical (unpaired) electrons. The molecular weight excluding hydrogens is 172 g/mol. The van der Waals surface area contributed by atoms with Gasteiger partial charge in [0.1, 0.15) is 0 Å². The van der Waals surface area contributed by atoms with Gasteiger partial charge in [-0.25, -0.2) is 0 Å². The SMILES string of the molecule is CC12CC3CC(C1)CC(C)(C3)C2.N#N. The maximum Gasteiger partial charge on any atom is 0 e. The van der Waals surface area contributed by atoms with Crippen molar-refractivity contribution in [3.05, 3.63) is 0 Å². The third-order valence-electron chi connectivity index (χ3n) is 4.65. The van der Waals surface area contributed by atoms with Crippen LogP contribution in [0.3, 0.4) is 0 Å². The lowest BCUT2D eigenvalue weighted by Gasteiger charge is -2.60. The van der Waals surface area contributed by atoms with E-state index in [4.69, 9.17) is 10.8 Å². The monoisotopic (exact) mass is 192 g/mol. The van der Waals surface area contributed by atoms with Crippen LogP contribution in [-0.4, -0.2) is 0 Å². The first-order chi connectivity index (χ1) is 6.57. The number of hydrogen-bond donors (Lipinski definition) is 0. The molecule has 2 heteroatoms.